The van der Waals surface area contributed by atoms with Gasteiger partial charge in [0.15, 0.2) is 5.82 Å². The fraction of sp³-hybridized carbons (Fsp3) is 0.484. The maximum absolute atomic E-state index is 13.9. The van der Waals surface area contributed by atoms with Gasteiger partial charge in [-0.25, -0.2) is 4.98 Å². The Morgan fingerprint density at radius 3 is 2.48 bits per heavy atom. The number of aromatic nitrogens is 2. The van der Waals surface area contributed by atoms with Crippen LogP contribution in [0.3, 0.4) is 0 Å². The Morgan fingerprint density at radius 1 is 1.10 bits per heavy atom. The minimum Gasteiger partial charge on any atom is -0.342 e. The molecule has 9 nitrogen and oxygen atoms in total. The molecular formula is C31H42N6O3. The van der Waals surface area contributed by atoms with Crippen molar-refractivity contribution in [2.24, 2.45) is 5.41 Å². The molecule has 1 aliphatic rings. The van der Waals surface area contributed by atoms with Gasteiger partial charge in [0, 0.05) is 25.7 Å². The molecule has 40 heavy (non-hydrogen) atoms. The van der Waals surface area contributed by atoms with E-state index in [0.717, 1.165) is 29.4 Å². The molecule has 0 saturated carbocycles. The van der Waals surface area contributed by atoms with Crippen LogP contribution in [0.15, 0.2) is 54.6 Å². The van der Waals surface area contributed by atoms with Crippen molar-refractivity contribution in [3.8, 4) is 0 Å². The summed E-state index contributed by atoms with van der Waals surface area (Å²) < 4.78 is 0. The fourth-order valence-electron chi connectivity index (χ4n) is 5.17. The largest absolute Gasteiger partial charge is 0.342 e. The number of rotatable bonds is 10. The zero-order valence-corrected chi connectivity index (χ0v) is 24.2. The second-order valence-electron chi connectivity index (χ2n) is 11.7. The summed E-state index contributed by atoms with van der Waals surface area (Å²) in [6, 6.07) is 16.4. The van der Waals surface area contributed by atoms with Gasteiger partial charge in [-0.3, -0.25) is 14.4 Å². The quantitative estimate of drug-likeness (QED) is 0.361. The van der Waals surface area contributed by atoms with Crippen molar-refractivity contribution in [1.82, 2.24) is 30.4 Å². The Labute approximate surface area is 236 Å². The van der Waals surface area contributed by atoms with Crippen molar-refractivity contribution < 1.29 is 14.4 Å². The van der Waals surface area contributed by atoms with Gasteiger partial charge in [-0.15, -0.1) is 0 Å². The van der Waals surface area contributed by atoms with Gasteiger partial charge in [0.25, 0.3) is 5.91 Å². The van der Waals surface area contributed by atoms with Crippen LogP contribution in [0.5, 0.6) is 0 Å². The van der Waals surface area contributed by atoms with Gasteiger partial charge in [-0.1, -0.05) is 63.2 Å². The molecule has 2 heterocycles. The van der Waals surface area contributed by atoms with Crippen LogP contribution in [0, 0.1) is 5.41 Å². The molecule has 2 aromatic carbocycles. The van der Waals surface area contributed by atoms with Crippen molar-refractivity contribution in [1.29, 1.82) is 0 Å². The Kier molecular flexibility index (Phi) is 9.25. The van der Waals surface area contributed by atoms with E-state index in [1.165, 1.54) is 0 Å². The van der Waals surface area contributed by atoms with Crippen molar-refractivity contribution >= 4 is 28.8 Å². The fourth-order valence-corrected chi connectivity index (χ4v) is 5.17. The van der Waals surface area contributed by atoms with Crippen molar-refractivity contribution in [3.05, 3.63) is 66.0 Å². The molecule has 3 amide bonds. The molecular weight excluding hydrogens is 504 g/mol. The summed E-state index contributed by atoms with van der Waals surface area (Å²) in [5.74, 6) is -0.206. The number of nitrogens with zero attached hydrogens (tertiary/aromatic N) is 3. The first-order valence-corrected chi connectivity index (χ1v) is 14.1. The van der Waals surface area contributed by atoms with Gasteiger partial charge in [-0.05, 0) is 56.3 Å². The van der Waals surface area contributed by atoms with Crippen LogP contribution in [-0.2, 0) is 16.0 Å². The lowest BCUT2D eigenvalue weighted by atomic mass is 9.85. The minimum absolute atomic E-state index is 0.106. The second kappa shape index (κ2) is 12.6. The Balaban J connectivity index is 1.56. The van der Waals surface area contributed by atoms with Gasteiger partial charge >= 0.3 is 0 Å². The number of likely N-dealkylation sites (N-methyl/N-ethyl adjacent to an activating group) is 1. The molecule has 1 fully saturated rings. The number of carbonyl (C=O) groups excluding carboxylic acids is 3. The van der Waals surface area contributed by atoms with E-state index in [4.69, 9.17) is 0 Å². The molecule has 0 unspecified atom stereocenters. The molecule has 0 spiro atoms. The van der Waals surface area contributed by atoms with Gasteiger partial charge in [-0.2, -0.15) is 0 Å². The maximum Gasteiger partial charge on any atom is 0.289 e. The highest BCUT2D eigenvalue weighted by Crippen LogP contribution is 2.27. The lowest BCUT2D eigenvalue weighted by Gasteiger charge is -2.37. The number of hydrogen-bond acceptors (Lipinski definition) is 5. The summed E-state index contributed by atoms with van der Waals surface area (Å²) in [5.41, 5.74) is 2.21. The molecule has 3 atom stereocenters. The first-order chi connectivity index (χ1) is 19.1. The van der Waals surface area contributed by atoms with E-state index in [2.05, 4.69) is 32.7 Å². The third-order valence-electron chi connectivity index (χ3n) is 7.71. The normalized spacial score (nSPS) is 17.0. The molecule has 3 aromatic rings. The number of para-hydroxylation sites is 2. The Hall–Kier alpha value is -3.72. The van der Waals surface area contributed by atoms with E-state index < -0.39 is 17.5 Å². The molecule has 3 N–H and O–H groups in total. The Bertz CT molecular complexity index is 1280. The molecule has 0 aliphatic carbocycles. The minimum atomic E-state index is -0.680. The smallest absolute Gasteiger partial charge is 0.289 e. The van der Waals surface area contributed by atoms with Crippen LogP contribution in [0.2, 0.25) is 0 Å². The third kappa shape index (κ3) is 6.88. The molecule has 1 saturated heterocycles. The summed E-state index contributed by atoms with van der Waals surface area (Å²) >= 11 is 0. The number of hydrogen-bond donors (Lipinski definition) is 3. The van der Waals surface area contributed by atoms with Crippen molar-refractivity contribution in [2.75, 3.05) is 26.7 Å². The van der Waals surface area contributed by atoms with Gasteiger partial charge in [0.05, 0.1) is 17.1 Å². The van der Waals surface area contributed by atoms with Crippen molar-refractivity contribution in [3.63, 3.8) is 0 Å². The van der Waals surface area contributed by atoms with E-state index in [0.29, 0.717) is 31.9 Å². The predicted octanol–water partition coefficient (Wildman–Crippen LogP) is 3.38. The van der Waals surface area contributed by atoms with Crippen LogP contribution in [0.25, 0.3) is 11.0 Å². The first kappa shape index (κ1) is 29.3. The molecule has 0 radical (unpaired) electrons. The number of likely N-dealkylation sites (tertiary alicyclic amines) is 1. The van der Waals surface area contributed by atoms with Crippen molar-refractivity contribution in [2.45, 2.75) is 65.1 Å². The number of amides is 3. The highest BCUT2D eigenvalue weighted by Gasteiger charge is 2.41. The highest BCUT2D eigenvalue weighted by atomic mass is 16.2. The van der Waals surface area contributed by atoms with Crippen LogP contribution < -0.4 is 10.6 Å². The predicted molar refractivity (Wildman–Crippen MR) is 157 cm³/mol. The van der Waals surface area contributed by atoms with Crippen LogP contribution >= 0.6 is 0 Å². The molecule has 1 aromatic heterocycles. The summed E-state index contributed by atoms with van der Waals surface area (Å²) in [6.07, 6.45) is 2.33. The average molecular weight is 547 g/mol. The number of imidazole rings is 1. The maximum atomic E-state index is 13.9. The summed E-state index contributed by atoms with van der Waals surface area (Å²) in [4.78, 5) is 51.9. The number of nitrogens with one attached hydrogen (secondary N) is 3. The second-order valence-corrected chi connectivity index (χ2v) is 11.7. The summed E-state index contributed by atoms with van der Waals surface area (Å²) in [6.45, 7) is 9.14. The SMILES string of the molecule is CN[C@@H](C)C(=O)N[C@H](C(=O)N1CCC[C@H]1CN(CCc1ccccc1)C(=O)c1nc2ccccc2[nH]1)C(C)(C)C. The highest BCUT2D eigenvalue weighted by molar-refractivity contribution is 5.94. The number of carbonyl (C=O) groups is 3. The monoisotopic (exact) mass is 546 g/mol. The zero-order chi connectivity index (χ0) is 28.9. The van der Waals surface area contributed by atoms with E-state index in [9.17, 15) is 14.4 Å². The van der Waals surface area contributed by atoms with Crippen LogP contribution in [0.4, 0.5) is 0 Å². The summed E-state index contributed by atoms with van der Waals surface area (Å²) in [7, 11) is 1.72. The van der Waals surface area contributed by atoms with Gasteiger partial charge in [0.2, 0.25) is 11.8 Å². The van der Waals surface area contributed by atoms with E-state index >= 15 is 0 Å². The number of H-pyrrole nitrogens is 1. The number of aromatic amines is 1. The third-order valence-corrected chi connectivity index (χ3v) is 7.71. The molecule has 1 aliphatic heterocycles. The van der Waals surface area contributed by atoms with Crippen LogP contribution in [0.1, 0.15) is 56.7 Å². The molecule has 214 valence electrons. The first-order valence-electron chi connectivity index (χ1n) is 14.1. The van der Waals surface area contributed by atoms with Gasteiger partial charge < -0.3 is 25.4 Å². The average Bonchev–Trinajstić information content (AvgIpc) is 3.59. The molecule has 9 heteroatoms. The zero-order valence-electron chi connectivity index (χ0n) is 24.2. The standard InChI is InChI=1S/C31H42N6O3/c1-21(32-5)28(38)35-26(31(2,3)4)29(39)37-18-11-14-23(37)20-36(19-17-22-12-7-6-8-13-22)30(40)27-33-24-15-9-10-16-25(24)34-27/h6-10,12-13,15-16,21,23,26,32H,11,14,17-20H2,1-5H3,(H,33,34)(H,35,38)/t21-,23-,26+/m0/s1. The topological polar surface area (TPSA) is 110 Å². The molecule has 0 bridgehead atoms. The molecule has 4 rings (SSSR count). The van der Waals surface area contributed by atoms with Crippen LogP contribution in [-0.4, -0.2) is 82.3 Å². The number of benzene rings is 2. The van der Waals surface area contributed by atoms with E-state index in [1.807, 2.05) is 73.0 Å². The van der Waals surface area contributed by atoms with E-state index in [1.54, 1.807) is 14.0 Å². The Morgan fingerprint density at radius 2 is 1.80 bits per heavy atom. The lowest BCUT2D eigenvalue weighted by molar-refractivity contribution is -0.140. The lowest BCUT2D eigenvalue weighted by Crippen LogP contribution is -2.59. The summed E-state index contributed by atoms with van der Waals surface area (Å²) in [5, 5.41) is 5.92. The number of fused-ring (bicyclic) bond motifs is 1. The van der Waals surface area contributed by atoms with E-state index in [-0.39, 0.29) is 23.8 Å². The van der Waals surface area contributed by atoms with Gasteiger partial charge in [0.1, 0.15) is 6.04 Å².